The average molecular weight is 283 g/mol. The normalized spacial score (nSPS) is 21.4. The third-order valence-corrected chi connectivity index (χ3v) is 4.04. The highest BCUT2D eigenvalue weighted by molar-refractivity contribution is 5.93. The minimum atomic E-state index is -0.140. The lowest BCUT2D eigenvalue weighted by molar-refractivity contribution is 0.0904. The highest BCUT2D eigenvalue weighted by Gasteiger charge is 2.30. The molecule has 110 valence electrons. The van der Waals surface area contributed by atoms with Crippen molar-refractivity contribution < 1.29 is 4.79 Å². The standard InChI is InChI=1S/C17H21N3O/c1-17(9-10-18-13-17)19-16(21)15-8-5-11-20(15)12-14-6-3-2-4-7-14/h2-8,11,18H,9-10,12-13H2,1H3,(H,19,21). The van der Waals surface area contributed by atoms with Gasteiger partial charge in [0.05, 0.1) is 5.54 Å². The van der Waals surface area contributed by atoms with Gasteiger partial charge in [-0.3, -0.25) is 4.79 Å². The lowest BCUT2D eigenvalue weighted by Crippen LogP contribution is -2.48. The van der Waals surface area contributed by atoms with Crippen molar-refractivity contribution in [3.05, 3.63) is 59.9 Å². The predicted octanol–water partition coefficient (Wildman–Crippen LogP) is 2.02. The van der Waals surface area contributed by atoms with Gasteiger partial charge in [0, 0.05) is 19.3 Å². The zero-order valence-corrected chi connectivity index (χ0v) is 12.3. The number of carbonyl (C=O) groups excluding carboxylic acids is 1. The molecule has 2 aromatic rings. The van der Waals surface area contributed by atoms with E-state index in [0.29, 0.717) is 12.2 Å². The highest BCUT2D eigenvalue weighted by Crippen LogP contribution is 2.15. The number of amides is 1. The molecule has 1 aliphatic heterocycles. The van der Waals surface area contributed by atoms with Crippen molar-refractivity contribution in [2.45, 2.75) is 25.4 Å². The van der Waals surface area contributed by atoms with Gasteiger partial charge < -0.3 is 15.2 Å². The molecule has 4 heteroatoms. The molecule has 1 amide bonds. The van der Waals surface area contributed by atoms with Gasteiger partial charge in [0.1, 0.15) is 5.69 Å². The van der Waals surface area contributed by atoms with Crippen molar-refractivity contribution in [2.75, 3.05) is 13.1 Å². The van der Waals surface area contributed by atoms with Gasteiger partial charge in [0.2, 0.25) is 0 Å². The first-order chi connectivity index (χ1) is 10.2. The van der Waals surface area contributed by atoms with Gasteiger partial charge in [-0.1, -0.05) is 30.3 Å². The summed E-state index contributed by atoms with van der Waals surface area (Å²) in [5, 5.41) is 6.46. The molecule has 2 N–H and O–H groups in total. The summed E-state index contributed by atoms with van der Waals surface area (Å²) in [6, 6.07) is 14.0. The van der Waals surface area contributed by atoms with Crippen molar-refractivity contribution >= 4 is 5.91 Å². The predicted molar refractivity (Wildman–Crippen MR) is 83.3 cm³/mol. The SMILES string of the molecule is CC1(NC(=O)c2cccn2Cc2ccccc2)CCNC1. The first-order valence-corrected chi connectivity index (χ1v) is 7.39. The molecule has 1 fully saturated rings. The van der Waals surface area contributed by atoms with Crippen LogP contribution in [0.1, 0.15) is 29.4 Å². The van der Waals surface area contributed by atoms with Crippen LogP contribution in [0.5, 0.6) is 0 Å². The average Bonchev–Trinajstić information content (AvgIpc) is 3.09. The molecule has 2 heterocycles. The third kappa shape index (κ3) is 3.16. The van der Waals surface area contributed by atoms with Crippen molar-refractivity contribution in [1.29, 1.82) is 0 Å². The summed E-state index contributed by atoms with van der Waals surface area (Å²) < 4.78 is 2.00. The van der Waals surface area contributed by atoms with Gasteiger partial charge in [-0.2, -0.15) is 0 Å². The molecule has 1 aliphatic rings. The first kappa shape index (κ1) is 13.9. The maximum Gasteiger partial charge on any atom is 0.268 e. The van der Waals surface area contributed by atoms with Gasteiger partial charge in [-0.15, -0.1) is 0 Å². The van der Waals surface area contributed by atoms with Crippen LogP contribution < -0.4 is 10.6 Å². The fourth-order valence-corrected chi connectivity index (χ4v) is 2.80. The van der Waals surface area contributed by atoms with Gasteiger partial charge >= 0.3 is 0 Å². The van der Waals surface area contributed by atoms with Crippen LogP contribution in [0.3, 0.4) is 0 Å². The second-order valence-corrected chi connectivity index (χ2v) is 5.95. The van der Waals surface area contributed by atoms with Crippen molar-refractivity contribution in [2.24, 2.45) is 0 Å². The Balaban J connectivity index is 1.74. The summed E-state index contributed by atoms with van der Waals surface area (Å²) in [4.78, 5) is 12.5. The van der Waals surface area contributed by atoms with E-state index in [1.807, 2.05) is 41.1 Å². The number of nitrogens with zero attached hydrogens (tertiary/aromatic N) is 1. The Morgan fingerprint density at radius 3 is 2.81 bits per heavy atom. The zero-order chi connectivity index (χ0) is 14.7. The van der Waals surface area contributed by atoms with Crippen molar-refractivity contribution in [3.8, 4) is 0 Å². The minimum Gasteiger partial charge on any atom is -0.344 e. The number of carbonyl (C=O) groups is 1. The van der Waals surface area contributed by atoms with Crippen LogP contribution in [0.25, 0.3) is 0 Å². The molecule has 1 unspecified atom stereocenters. The molecule has 4 nitrogen and oxygen atoms in total. The molecule has 0 spiro atoms. The molecule has 0 bridgehead atoms. The second-order valence-electron chi connectivity index (χ2n) is 5.95. The third-order valence-electron chi connectivity index (χ3n) is 4.04. The fraction of sp³-hybridized carbons (Fsp3) is 0.353. The number of benzene rings is 1. The summed E-state index contributed by atoms with van der Waals surface area (Å²) in [5.41, 5.74) is 1.77. The van der Waals surface area contributed by atoms with Crippen LogP contribution in [0, 0.1) is 0 Å². The Morgan fingerprint density at radius 2 is 2.10 bits per heavy atom. The molecule has 0 saturated carbocycles. The molecular formula is C17H21N3O. The van der Waals surface area contributed by atoms with Gasteiger partial charge in [-0.25, -0.2) is 0 Å². The number of hydrogen-bond donors (Lipinski definition) is 2. The van der Waals surface area contributed by atoms with E-state index < -0.39 is 0 Å². The molecule has 3 rings (SSSR count). The van der Waals surface area contributed by atoms with E-state index >= 15 is 0 Å². The number of nitrogens with one attached hydrogen (secondary N) is 2. The lowest BCUT2D eigenvalue weighted by Gasteiger charge is -2.24. The first-order valence-electron chi connectivity index (χ1n) is 7.39. The number of rotatable bonds is 4. The van der Waals surface area contributed by atoms with E-state index in [-0.39, 0.29) is 11.4 Å². The van der Waals surface area contributed by atoms with E-state index in [1.54, 1.807) is 0 Å². The van der Waals surface area contributed by atoms with Crippen molar-refractivity contribution in [1.82, 2.24) is 15.2 Å². The van der Waals surface area contributed by atoms with Crippen LogP contribution in [-0.2, 0) is 6.54 Å². The number of aromatic nitrogens is 1. The Bertz CT molecular complexity index is 612. The van der Waals surface area contributed by atoms with E-state index in [1.165, 1.54) is 5.56 Å². The van der Waals surface area contributed by atoms with Crippen LogP contribution >= 0.6 is 0 Å². The van der Waals surface area contributed by atoms with E-state index in [2.05, 4.69) is 29.7 Å². The maximum atomic E-state index is 12.5. The van der Waals surface area contributed by atoms with Crippen LogP contribution in [0.4, 0.5) is 0 Å². The van der Waals surface area contributed by atoms with Crippen molar-refractivity contribution in [3.63, 3.8) is 0 Å². The van der Waals surface area contributed by atoms with Crippen LogP contribution in [0.2, 0.25) is 0 Å². The summed E-state index contributed by atoms with van der Waals surface area (Å²) in [6.07, 6.45) is 2.93. The van der Waals surface area contributed by atoms with Crippen LogP contribution in [0.15, 0.2) is 48.7 Å². The Kier molecular flexibility index (Phi) is 3.80. The molecule has 1 atom stereocenters. The molecule has 0 radical (unpaired) electrons. The minimum absolute atomic E-state index is 0.00197. The largest absolute Gasteiger partial charge is 0.344 e. The molecule has 1 aromatic heterocycles. The molecule has 21 heavy (non-hydrogen) atoms. The van der Waals surface area contributed by atoms with Gasteiger partial charge in [0.15, 0.2) is 0 Å². The van der Waals surface area contributed by atoms with E-state index in [4.69, 9.17) is 0 Å². The Hall–Kier alpha value is -2.07. The molecule has 0 aliphatic carbocycles. The monoisotopic (exact) mass is 283 g/mol. The molecular weight excluding hydrogens is 262 g/mol. The lowest BCUT2D eigenvalue weighted by atomic mass is 10.0. The zero-order valence-electron chi connectivity index (χ0n) is 12.3. The summed E-state index contributed by atoms with van der Waals surface area (Å²) >= 11 is 0. The fourth-order valence-electron chi connectivity index (χ4n) is 2.80. The summed E-state index contributed by atoms with van der Waals surface area (Å²) in [6.45, 7) is 4.60. The Morgan fingerprint density at radius 1 is 1.29 bits per heavy atom. The number of hydrogen-bond acceptors (Lipinski definition) is 2. The van der Waals surface area contributed by atoms with E-state index in [0.717, 1.165) is 19.5 Å². The van der Waals surface area contributed by atoms with Gasteiger partial charge in [0.25, 0.3) is 5.91 Å². The van der Waals surface area contributed by atoms with E-state index in [9.17, 15) is 4.79 Å². The topological polar surface area (TPSA) is 46.1 Å². The molecule has 1 saturated heterocycles. The van der Waals surface area contributed by atoms with Gasteiger partial charge in [-0.05, 0) is 37.6 Å². The Labute approximate surface area is 125 Å². The second kappa shape index (κ2) is 5.74. The summed E-state index contributed by atoms with van der Waals surface area (Å²) in [5.74, 6) is 0.00197. The quantitative estimate of drug-likeness (QED) is 0.902. The molecule has 1 aromatic carbocycles. The highest BCUT2D eigenvalue weighted by atomic mass is 16.2. The van der Waals surface area contributed by atoms with Crippen LogP contribution in [-0.4, -0.2) is 29.1 Å². The maximum absolute atomic E-state index is 12.5. The smallest absolute Gasteiger partial charge is 0.268 e. The summed E-state index contributed by atoms with van der Waals surface area (Å²) in [7, 11) is 0.